The van der Waals surface area contributed by atoms with E-state index in [-0.39, 0.29) is 5.69 Å². The predicted molar refractivity (Wildman–Crippen MR) is 95.4 cm³/mol. The molecule has 0 spiro atoms. The summed E-state index contributed by atoms with van der Waals surface area (Å²) in [6.07, 6.45) is 1.59. The molecule has 0 amide bonds. The minimum absolute atomic E-state index is 0.0220. The number of hydrogen-bond acceptors (Lipinski definition) is 5. The summed E-state index contributed by atoms with van der Waals surface area (Å²) in [4.78, 5) is 10.4. The van der Waals surface area contributed by atoms with Crippen molar-refractivity contribution >= 4 is 17.3 Å². The Hall–Kier alpha value is -4.16. The molecule has 0 bridgehead atoms. The third-order valence-electron chi connectivity index (χ3n) is 3.70. The highest BCUT2D eigenvalue weighted by atomic mass is 16.6. The van der Waals surface area contributed by atoms with Crippen LogP contribution in [0.3, 0.4) is 0 Å². The molecule has 3 rings (SSSR count). The van der Waals surface area contributed by atoms with Gasteiger partial charge in [-0.3, -0.25) is 10.1 Å². The highest BCUT2D eigenvalue weighted by Gasteiger charge is 2.10. The summed E-state index contributed by atoms with van der Waals surface area (Å²) in [7, 11) is 0. The van der Waals surface area contributed by atoms with Gasteiger partial charge in [0.2, 0.25) is 0 Å². The summed E-state index contributed by atoms with van der Waals surface area (Å²) in [6.45, 7) is 0. The maximum absolute atomic E-state index is 10.9. The molecule has 0 N–H and O–H groups in total. The predicted octanol–water partition coefficient (Wildman–Crippen LogP) is 4.79. The first-order valence-corrected chi connectivity index (χ1v) is 7.57. The average molecular weight is 341 g/mol. The monoisotopic (exact) mass is 341 g/mol. The largest absolute Gasteiger partial charge is 0.457 e. The summed E-state index contributed by atoms with van der Waals surface area (Å²) in [6, 6.07) is 20.3. The first-order chi connectivity index (χ1) is 12.6. The van der Waals surface area contributed by atoms with Gasteiger partial charge < -0.3 is 4.42 Å². The zero-order chi connectivity index (χ0) is 18.5. The summed E-state index contributed by atoms with van der Waals surface area (Å²) < 4.78 is 5.70. The number of nitrogens with zero attached hydrogens (tertiary/aromatic N) is 3. The molecule has 2 aromatic carbocycles. The highest BCUT2D eigenvalue weighted by molar-refractivity contribution is 5.89. The number of nitro groups is 1. The lowest BCUT2D eigenvalue weighted by molar-refractivity contribution is -0.384. The standard InChI is InChI=1S/C20H11N3O3/c21-12-14-4-6-15(7-5-14)17(13-22)11-19-8-9-20(26-19)16-2-1-3-18(10-16)23(24)25/h1-11H/b17-11+. The van der Waals surface area contributed by atoms with Crippen molar-refractivity contribution in [1.29, 1.82) is 10.5 Å². The van der Waals surface area contributed by atoms with Crippen LogP contribution in [0.2, 0.25) is 0 Å². The molecule has 1 heterocycles. The Kier molecular flexibility index (Phi) is 4.60. The number of rotatable bonds is 4. The van der Waals surface area contributed by atoms with Crippen LogP contribution in [0.4, 0.5) is 5.69 Å². The summed E-state index contributed by atoms with van der Waals surface area (Å²) in [5.74, 6) is 0.921. The Morgan fingerprint density at radius 3 is 2.50 bits per heavy atom. The van der Waals surface area contributed by atoms with Gasteiger partial charge in [0.15, 0.2) is 0 Å². The molecular formula is C20H11N3O3. The molecule has 0 atom stereocenters. The Morgan fingerprint density at radius 1 is 1.08 bits per heavy atom. The van der Waals surface area contributed by atoms with Crippen LogP contribution in [0, 0.1) is 32.8 Å². The molecule has 26 heavy (non-hydrogen) atoms. The van der Waals surface area contributed by atoms with Crippen LogP contribution in [0.15, 0.2) is 65.1 Å². The number of allylic oxidation sites excluding steroid dienone is 1. The molecule has 0 fully saturated rings. The highest BCUT2D eigenvalue weighted by Crippen LogP contribution is 2.27. The smallest absolute Gasteiger partial charge is 0.270 e. The fraction of sp³-hybridized carbons (Fsp3) is 0. The molecule has 0 aliphatic heterocycles. The molecule has 6 nitrogen and oxygen atoms in total. The normalized spacial score (nSPS) is 10.8. The number of hydrogen-bond donors (Lipinski definition) is 0. The Morgan fingerprint density at radius 2 is 1.85 bits per heavy atom. The van der Waals surface area contributed by atoms with Gasteiger partial charge in [-0.05, 0) is 35.9 Å². The third kappa shape index (κ3) is 3.50. The van der Waals surface area contributed by atoms with E-state index in [0.717, 1.165) is 0 Å². The van der Waals surface area contributed by atoms with E-state index < -0.39 is 4.92 Å². The number of benzene rings is 2. The lowest BCUT2D eigenvalue weighted by Crippen LogP contribution is -1.87. The van der Waals surface area contributed by atoms with E-state index >= 15 is 0 Å². The Labute approximate surface area is 149 Å². The first-order valence-electron chi connectivity index (χ1n) is 7.57. The van der Waals surface area contributed by atoms with Gasteiger partial charge in [-0.25, -0.2) is 0 Å². The summed E-state index contributed by atoms with van der Waals surface area (Å²) in [5, 5.41) is 29.1. The minimum atomic E-state index is -0.466. The Balaban J connectivity index is 1.92. The molecule has 0 aliphatic carbocycles. The second-order valence-corrected chi connectivity index (χ2v) is 5.37. The molecule has 0 radical (unpaired) electrons. The maximum atomic E-state index is 10.9. The zero-order valence-corrected chi connectivity index (χ0v) is 13.4. The SMILES string of the molecule is N#C/C(=C\c1ccc(-c2cccc([N+](=O)[O-])c2)o1)c1ccc(C#N)cc1. The number of furan rings is 1. The van der Waals surface area contributed by atoms with Gasteiger partial charge >= 0.3 is 0 Å². The van der Waals surface area contributed by atoms with Crippen LogP contribution in [0.1, 0.15) is 16.9 Å². The van der Waals surface area contributed by atoms with Crippen LogP contribution < -0.4 is 0 Å². The second-order valence-electron chi connectivity index (χ2n) is 5.37. The minimum Gasteiger partial charge on any atom is -0.457 e. The van der Waals surface area contributed by atoms with Crippen molar-refractivity contribution in [1.82, 2.24) is 0 Å². The van der Waals surface area contributed by atoms with Crippen LogP contribution in [-0.4, -0.2) is 4.92 Å². The van der Waals surface area contributed by atoms with E-state index in [4.69, 9.17) is 9.68 Å². The molecule has 0 unspecified atom stereocenters. The van der Waals surface area contributed by atoms with Crippen molar-refractivity contribution in [2.24, 2.45) is 0 Å². The lowest BCUT2D eigenvalue weighted by atomic mass is 10.0. The molecule has 3 aromatic rings. The molecule has 0 saturated carbocycles. The van der Waals surface area contributed by atoms with Gasteiger partial charge in [0.1, 0.15) is 11.5 Å². The molecule has 0 aliphatic rings. The Bertz CT molecular complexity index is 1080. The van der Waals surface area contributed by atoms with E-state index in [1.165, 1.54) is 12.1 Å². The van der Waals surface area contributed by atoms with Crippen molar-refractivity contribution in [3.63, 3.8) is 0 Å². The summed E-state index contributed by atoms with van der Waals surface area (Å²) in [5.41, 5.74) is 2.12. The first kappa shape index (κ1) is 16.7. The number of nitriles is 2. The fourth-order valence-corrected chi connectivity index (χ4v) is 2.41. The van der Waals surface area contributed by atoms with Gasteiger partial charge in [-0.15, -0.1) is 0 Å². The number of nitro benzene ring substituents is 1. The summed E-state index contributed by atoms with van der Waals surface area (Å²) >= 11 is 0. The van der Waals surface area contributed by atoms with Crippen molar-refractivity contribution in [3.05, 3.63) is 87.7 Å². The van der Waals surface area contributed by atoms with Crippen LogP contribution >= 0.6 is 0 Å². The fourth-order valence-electron chi connectivity index (χ4n) is 2.41. The molecule has 0 saturated heterocycles. The van der Waals surface area contributed by atoms with E-state index in [1.807, 2.05) is 6.07 Å². The van der Waals surface area contributed by atoms with E-state index in [2.05, 4.69) is 6.07 Å². The maximum Gasteiger partial charge on any atom is 0.270 e. The van der Waals surface area contributed by atoms with Gasteiger partial charge in [-0.2, -0.15) is 10.5 Å². The second kappa shape index (κ2) is 7.16. The lowest BCUT2D eigenvalue weighted by Gasteiger charge is -1.99. The quantitative estimate of drug-likeness (QED) is 0.385. The third-order valence-corrected chi connectivity index (χ3v) is 3.70. The van der Waals surface area contributed by atoms with Gasteiger partial charge in [0.25, 0.3) is 5.69 Å². The van der Waals surface area contributed by atoms with Crippen molar-refractivity contribution in [2.75, 3.05) is 0 Å². The van der Waals surface area contributed by atoms with Crippen molar-refractivity contribution in [2.45, 2.75) is 0 Å². The molecule has 6 heteroatoms. The van der Waals surface area contributed by atoms with E-state index in [9.17, 15) is 15.4 Å². The van der Waals surface area contributed by atoms with E-state index in [0.29, 0.717) is 33.8 Å². The average Bonchev–Trinajstić information content (AvgIpc) is 3.15. The van der Waals surface area contributed by atoms with Crippen molar-refractivity contribution in [3.8, 4) is 23.5 Å². The topological polar surface area (TPSA) is 104 Å². The molecular weight excluding hydrogens is 330 g/mol. The van der Waals surface area contributed by atoms with Gasteiger partial charge in [0, 0.05) is 17.7 Å². The van der Waals surface area contributed by atoms with Crippen LogP contribution in [0.5, 0.6) is 0 Å². The zero-order valence-electron chi connectivity index (χ0n) is 13.4. The van der Waals surface area contributed by atoms with E-state index in [1.54, 1.807) is 54.6 Å². The van der Waals surface area contributed by atoms with Crippen LogP contribution in [-0.2, 0) is 0 Å². The van der Waals surface area contributed by atoms with Crippen molar-refractivity contribution < 1.29 is 9.34 Å². The van der Waals surface area contributed by atoms with Gasteiger partial charge in [-0.1, -0.05) is 24.3 Å². The molecule has 1 aromatic heterocycles. The van der Waals surface area contributed by atoms with Crippen LogP contribution in [0.25, 0.3) is 23.0 Å². The molecule has 124 valence electrons. The van der Waals surface area contributed by atoms with Gasteiger partial charge in [0.05, 0.1) is 28.2 Å². The number of non-ortho nitro benzene ring substituents is 1.